The lowest BCUT2D eigenvalue weighted by molar-refractivity contribution is 0.0173. The van der Waals surface area contributed by atoms with Crippen LogP contribution in [0.5, 0.6) is 0 Å². The second kappa shape index (κ2) is 9.94. The van der Waals surface area contributed by atoms with Crippen LogP contribution in [-0.2, 0) is 6.54 Å². The van der Waals surface area contributed by atoms with E-state index < -0.39 is 0 Å². The molecule has 3 fully saturated rings. The van der Waals surface area contributed by atoms with E-state index in [2.05, 4.69) is 40.1 Å². The molecule has 25 heavy (non-hydrogen) atoms. The van der Waals surface area contributed by atoms with E-state index in [4.69, 9.17) is 16.6 Å². The molecule has 1 N–H and O–H groups in total. The van der Waals surface area contributed by atoms with E-state index in [1.165, 1.54) is 26.2 Å². The molecular weight excluding hydrogens is 449 g/mol. The van der Waals surface area contributed by atoms with Crippen LogP contribution in [-0.4, -0.2) is 79.6 Å². The topological polar surface area (TPSA) is 34.1 Å². The normalized spacial score (nSPS) is 25.4. The summed E-state index contributed by atoms with van der Waals surface area (Å²) in [6.07, 6.45) is 0. The summed E-state index contributed by atoms with van der Waals surface area (Å²) in [5, 5.41) is 4.22. The van der Waals surface area contributed by atoms with Crippen LogP contribution < -0.4 is 5.32 Å². The average Bonchev–Trinajstić information content (AvgIpc) is 2.61. The molecule has 140 valence electrons. The van der Waals surface area contributed by atoms with Crippen molar-refractivity contribution in [1.29, 1.82) is 0 Å². The van der Waals surface area contributed by atoms with E-state index in [9.17, 15) is 0 Å². The van der Waals surface area contributed by atoms with Crippen LogP contribution >= 0.6 is 35.6 Å². The van der Waals surface area contributed by atoms with Crippen molar-refractivity contribution in [1.82, 2.24) is 20.0 Å². The number of benzene rings is 1. The second-order valence-electron chi connectivity index (χ2n) is 6.63. The molecule has 0 aromatic heterocycles. The first-order valence-corrected chi connectivity index (χ1v) is 9.24. The van der Waals surface area contributed by atoms with Gasteiger partial charge in [0, 0.05) is 63.9 Å². The van der Waals surface area contributed by atoms with Crippen LogP contribution in [0.2, 0.25) is 5.02 Å². The summed E-state index contributed by atoms with van der Waals surface area (Å²) in [6.45, 7) is 10.5. The van der Waals surface area contributed by atoms with Crippen molar-refractivity contribution in [3.05, 3.63) is 34.9 Å². The predicted molar refractivity (Wildman–Crippen MR) is 116 cm³/mol. The van der Waals surface area contributed by atoms with Crippen molar-refractivity contribution in [2.24, 2.45) is 4.99 Å². The van der Waals surface area contributed by atoms with Gasteiger partial charge in [-0.25, -0.2) is 0 Å². The quantitative estimate of drug-likeness (QED) is 0.401. The van der Waals surface area contributed by atoms with Crippen LogP contribution in [0.1, 0.15) is 12.5 Å². The van der Waals surface area contributed by atoms with Crippen LogP contribution in [0.4, 0.5) is 0 Å². The molecule has 3 aliphatic rings. The van der Waals surface area contributed by atoms with E-state index in [-0.39, 0.29) is 24.0 Å². The Morgan fingerprint density at radius 1 is 1.28 bits per heavy atom. The number of nitrogens with zero attached hydrogens (tertiary/aromatic N) is 4. The molecular formula is C18H29ClIN5. The van der Waals surface area contributed by atoms with Crippen molar-refractivity contribution in [2.75, 3.05) is 52.9 Å². The van der Waals surface area contributed by atoms with Gasteiger partial charge in [0.25, 0.3) is 0 Å². The number of nitrogens with one attached hydrogen (secondary N) is 1. The van der Waals surface area contributed by atoms with Crippen molar-refractivity contribution in [3.63, 3.8) is 0 Å². The molecule has 3 aliphatic heterocycles. The summed E-state index contributed by atoms with van der Waals surface area (Å²) in [4.78, 5) is 12.2. The van der Waals surface area contributed by atoms with E-state index in [0.29, 0.717) is 6.04 Å². The zero-order valence-corrected chi connectivity index (χ0v) is 18.2. The standard InChI is InChI=1S/C18H28ClN5.HI/c1-3-20-18(22(2)13-15-6-4-5-7-17(15)19)21-12-16-14-23-8-10-24(16)11-9-23;/h4-7,16H,3,8-14H2,1-2H3,(H,20,21);1H. The molecule has 2 bridgehead atoms. The first-order valence-electron chi connectivity index (χ1n) is 8.86. The third-order valence-electron chi connectivity index (χ3n) is 4.91. The Bertz CT molecular complexity index is 574. The number of aliphatic imine (C=N–C) groups is 1. The summed E-state index contributed by atoms with van der Waals surface area (Å²) in [6, 6.07) is 8.55. The Balaban J connectivity index is 0.00000225. The molecule has 0 radical (unpaired) electrons. The highest BCUT2D eigenvalue weighted by Gasteiger charge is 2.31. The molecule has 1 atom stereocenters. The van der Waals surface area contributed by atoms with Crippen LogP contribution in [0, 0.1) is 0 Å². The molecule has 4 rings (SSSR count). The molecule has 1 unspecified atom stereocenters. The van der Waals surface area contributed by atoms with Gasteiger partial charge < -0.3 is 10.2 Å². The number of guanidine groups is 1. The third kappa shape index (κ3) is 5.45. The largest absolute Gasteiger partial charge is 0.357 e. The number of halogens is 2. The number of rotatable bonds is 5. The minimum Gasteiger partial charge on any atom is -0.357 e. The highest BCUT2D eigenvalue weighted by atomic mass is 127. The number of hydrogen-bond donors (Lipinski definition) is 1. The predicted octanol–water partition coefficient (Wildman–Crippen LogP) is 2.36. The maximum Gasteiger partial charge on any atom is 0.194 e. The van der Waals surface area contributed by atoms with E-state index >= 15 is 0 Å². The van der Waals surface area contributed by atoms with Gasteiger partial charge in [0.15, 0.2) is 5.96 Å². The Morgan fingerprint density at radius 2 is 2.00 bits per heavy atom. The van der Waals surface area contributed by atoms with Crippen LogP contribution in [0.3, 0.4) is 0 Å². The van der Waals surface area contributed by atoms with Gasteiger partial charge in [0.05, 0.1) is 6.54 Å². The first-order chi connectivity index (χ1) is 11.7. The highest BCUT2D eigenvalue weighted by molar-refractivity contribution is 14.0. The Morgan fingerprint density at radius 3 is 2.60 bits per heavy atom. The number of hydrogen-bond acceptors (Lipinski definition) is 3. The van der Waals surface area contributed by atoms with E-state index in [1.807, 2.05) is 18.2 Å². The van der Waals surface area contributed by atoms with Crippen molar-refractivity contribution < 1.29 is 0 Å². The highest BCUT2D eigenvalue weighted by Crippen LogP contribution is 2.17. The molecule has 5 nitrogen and oxygen atoms in total. The lowest BCUT2D eigenvalue weighted by atomic mass is 10.1. The maximum absolute atomic E-state index is 6.29. The summed E-state index contributed by atoms with van der Waals surface area (Å²) in [5.41, 5.74) is 1.12. The van der Waals surface area contributed by atoms with Gasteiger partial charge in [-0.05, 0) is 18.6 Å². The first kappa shape index (κ1) is 20.7. The summed E-state index contributed by atoms with van der Waals surface area (Å²) in [5.74, 6) is 0.954. The molecule has 0 spiro atoms. The van der Waals surface area contributed by atoms with Crippen molar-refractivity contribution >= 4 is 41.5 Å². The average molecular weight is 478 g/mol. The number of fused-ring (bicyclic) bond motifs is 3. The zero-order chi connectivity index (χ0) is 16.9. The van der Waals surface area contributed by atoms with Gasteiger partial charge in [0.1, 0.15) is 0 Å². The summed E-state index contributed by atoms with van der Waals surface area (Å²) < 4.78 is 0. The fourth-order valence-corrected chi connectivity index (χ4v) is 3.71. The maximum atomic E-state index is 6.29. The van der Waals surface area contributed by atoms with Gasteiger partial charge >= 0.3 is 0 Å². The summed E-state index contributed by atoms with van der Waals surface area (Å²) >= 11 is 6.29. The smallest absolute Gasteiger partial charge is 0.194 e. The molecule has 0 aliphatic carbocycles. The van der Waals surface area contributed by atoms with Gasteiger partial charge in [-0.3, -0.25) is 14.8 Å². The minimum absolute atomic E-state index is 0. The lowest BCUT2D eigenvalue weighted by Gasteiger charge is -2.47. The number of piperazine rings is 3. The van der Waals surface area contributed by atoms with Gasteiger partial charge in [-0.2, -0.15) is 0 Å². The SMILES string of the molecule is CCNC(=NCC1CN2CCN1CC2)N(C)Cc1ccccc1Cl.I. The molecule has 1 aromatic carbocycles. The zero-order valence-electron chi connectivity index (χ0n) is 15.1. The molecule has 0 amide bonds. The Kier molecular flexibility index (Phi) is 8.25. The fraction of sp³-hybridized carbons (Fsp3) is 0.611. The second-order valence-corrected chi connectivity index (χ2v) is 7.04. The van der Waals surface area contributed by atoms with Crippen LogP contribution in [0.15, 0.2) is 29.3 Å². The van der Waals surface area contributed by atoms with Crippen LogP contribution in [0.25, 0.3) is 0 Å². The molecule has 1 aromatic rings. The Hall–Kier alpha value is -0.570. The van der Waals surface area contributed by atoms with Crippen molar-refractivity contribution in [2.45, 2.75) is 19.5 Å². The van der Waals surface area contributed by atoms with E-state index in [1.54, 1.807) is 0 Å². The molecule has 3 heterocycles. The minimum atomic E-state index is 0. The van der Waals surface area contributed by atoms with Gasteiger partial charge in [0.2, 0.25) is 0 Å². The lowest BCUT2D eigenvalue weighted by Crippen LogP contribution is -2.62. The van der Waals surface area contributed by atoms with E-state index in [0.717, 1.165) is 42.7 Å². The van der Waals surface area contributed by atoms with Gasteiger partial charge in [-0.15, -0.1) is 24.0 Å². The molecule has 7 heteroatoms. The molecule has 3 saturated heterocycles. The monoisotopic (exact) mass is 477 g/mol. The van der Waals surface area contributed by atoms with Gasteiger partial charge in [-0.1, -0.05) is 29.8 Å². The summed E-state index contributed by atoms with van der Waals surface area (Å²) in [7, 11) is 2.07. The fourth-order valence-electron chi connectivity index (χ4n) is 3.52. The Labute approximate surface area is 173 Å². The van der Waals surface area contributed by atoms with Crippen molar-refractivity contribution in [3.8, 4) is 0 Å². The molecule has 0 saturated carbocycles. The third-order valence-corrected chi connectivity index (χ3v) is 5.27.